The van der Waals surface area contributed by atoms with Crippen molar-refractivity contribution in [3.05, 3.63) is 95.6 Å². The van der Waals surface area contributed by atoms with Crippen molar-refractivity contribution in [2.75, 3.05) is 0 Å². The molecular weight excluding hydrogens is 228 g/mol. The first-order valence-electron chi connectivity index (χ1n) is 6.68. The Morgan fingerprint density at radius 2 is 1.21 bits per heavy atom. The van der Waals surface area contributed by atoms with Gasteiger partial charge in [0.25, 0.3) is 0 Å². The molecule has 0 bridgehead atoms. The van der Waals surface area contributed by atoms with Crippen LogP contribution < -0.4 is 0 Å². The Labute approximate surface area is 113 Å². The fraction of sp³-hybridized carbons (Fsp3) is 0.0526. The molecule has 0 heteroatoms. The molecule has 0 aliphatic heterocycles. The molecule has 90 valence electrons. The third kappa shape index (κ3) is 1.61. The Morgan fingerprint density at radius 3 is 1.79 bits per heavy atom. The highest BCUT2D eigenvalue weighted by atomic mass is 14.3. The van der Waals surface area contributed by atoms with Crippen molar-refractivity contribution in [2.24, 2.45) is 0 Å². The zero-order valence-corrected chi connectivity index (χ0v) is 10.6. The van der Waals surface area contributed by atoms with E-state index in [0.717, 1.165) is 0 Å². The molecule has 0 N–H and O–H groups in total. The Bertz CT molecular complexity index is 670. The summed E-state index contributed by atoms with van der Waals surface area (Å²) < 4.78 is 0. The van der Waals surface area contributed by atoms with Crippen molar-refractivity contribution in [1.82, 2.24) is 0 Å². The molecule has 0 fully saturated rings. The molecule has 0 atom stereocenters. The average Bonchev–Trinajstić information content (AvgIpc) is 3.08. The van der Waals surface area contributed by atoms with Gasteiger partial charge in [-0.25, -0.2) is 0 Å². The molecule has 0 aromatic heterocycles. The number of hydrogen-bond donors (Lipinski definition) is 0. The minimum atomic E-state index is 0.384. The molecule has 0 amide bonds. The van der Waals surface area contributed by atoms with Crippen LogP contribution in [0.1, 0.15) is 17.0 Å². The normalized spacial score (nSPS) is 15.7. The second kappa shape index (κ2) is 4.10. The molecule has 0 radical (unpaired) electrons. The molecule has 0 nitrogen and oxygen atoms in total. The maximum absolute atomic E-state index is 2.37. The van der Waals surface area contributed by atoms with E-state index in [1.165, 1.54) is 27.8 Å². The lowest BCUT2D eigenvalue weighted by Gasteiger charge is -2.09. The van der Waals surface area contributed by atoms with Crippen LogP contribution in [-0.2, 0) is 0 Å². The van der Waals surface area contributed by atoms with E-state index in [9.17, 15) is 0 Å². The smallest absolute Gasteiger partial charge is 0.0290 e. The summed E-state index contributed by atoms with van der Waals surface area (Å²) in [4.78, 5) is 0. The zero-order valence-electron chi connectivity index (χ0n) is 10.6. The largest absolute Gasteiger partial charge is 0.0653 e. The summed E-state index contributed by atoms with van der Waals surface area (Å²) in [5.41, 5.74) is 6.91. The van der Waals surface area contributed by atoms with Gasteiger partial charge in [0, 0.05) is 5.92 Å². The van der Waals surface area contributed by atoms with Crippen LogP contribution in [0.2, 0.25) is 0 Å². The minimum Gasteiger partial charge on any atom is -0.0653 e. The molecule has 0 saturated carbocycles. The van der Waals surface area contributed by atoms with Gasteiger partial charge in [0.1, 0.15) is 0 Å². The van der Waals surface area contributed by atoms with Crippen molar-refractivity contribution >= 4 is 0 Å². The van der Waals surface area contributed by atoms with E-state index in [1.807, 2.05) is 0 Å². The molecule has 0 unspecified atom stereocenters. The van der Waals surface area contributed by atoms with E-state index in [2.05, 4.69) is 78.9 Å². The van der Waals surface area contributed by atoms with E-state index in [4.69, 9.17) is 0 Å². The SMILES string of the molecule is C1=CC(=CC2c3ccccc3-c3ccccc32)C=C1. The second-order valence-corrected chi connectivity index (χ2v) is 5.04. The van der Waals surface area contributed by atoms with Crippen LogP contribution in [0, 0.1) is 0 Å². The fourth-order valence-electron chi connectivity index (χ4n) is 3.07. The number of benzene rings is 2. The summed E-state index contributed by atoms with van der Waals surface area (Å²) in [6.45, 7) is 0. The van der Waals surface area contributed by atoms with Gasteiger partial charge in [-0.05, 0) is 27.8 Å². The number of rotatable bonds is 1. The van der Waals surface area contributed by atoms with Gasteiger partial charge in [-0.2, -0.15) is 0 Å². The maximum atomic E-state index is 2.37. The summed E-state index contributed by atoms with van der Waals surface area (Å²) in [6.07, 6.45) is 10.9. The van der Waals surface area contributed by atoms with Crippen molar-refractivity contribution < 1.29 is 0 Å². The third-order valence-corrected chi connectivity index (χ3v) is 3.93. The van der Waals surface area contributed by atoms with E-state index < -0.39 is 0 Å². The highest BCUT2D eigenvalue weighted by Crippen LogP contribution is 2.45. The van der Waals surface area contributed by atoms with Crippen molar-refractivity contribution in [3.63, 3.8) is 0 Å². The summed E-state index contributed by atoms with van der Waals surface area (Å²) in [7, 11) is 0. The van der Waals surface area contributed by atoms with Gasteiger partial charge < -0.3 is 0 Å². The van der Waals surface area contributed by atoms with Crippen molar-refractivity contribution in [2.45, 2.75) is 5.92 Å². The molecule has 0 spiro atoms. The van der Waals surface area contributed by atoms with E-state index in [-0.39, 0.29) is 0 Å². The summed E-state index contributed by atoms with van der Waals surface area (Å²) in [5, 5.41) is 0. The molecule has 2 aliphatic carbocycles. The van der Waals surface area contributed by atoms with Gasteiger partial charge in [-0.3, -0.25) is 0 Å². The number of fused-ring (bicyclic) bond motifs is 3. The van der Waals surface area contributed by atoms with Gasteiger partial charge >= 0.3 is 0 Å². The van der Waals surface area contributed by atoms with E-state index in [0.29, 0.717) is 5.92 Å². The van der Waals surface area contributed by atoms with Crippen molar-refractivity contribution in [1.29, 1.82) is 0 Å². The monoisotopic (exact) mass is 242 g/mol. The first-order valence-corrected chi connectivity index (χ1v) is 6.68. The molecule has 2 aliphatic rings. The van der Waals surface area contributed by atoms with Crippen LogP contribution in [0.15, 0.2) is 84.5 Å². The predicted molar refractivity (Wildman–Crippen MR) is 80.1 cm³/mol. The van der Waals surface area contributed by atoms with Gasteiger partial charge in [0.2, 0.25) is 0 Å². The molecular formula is C19H14. The number of allylic oxidation sites excluding steroid dienone is 6. The highest BCUT2D eigenvalue weighted by molar-refractivity contribution is 5.80. The van der Waals surface area contributed by atoms with Gasteiger partial charge in [-0.1, -0.05) is 78.9 Å². The lowest BCUT2D eigenvalue weighted by atomic mass is 9.95. The Kier molecular flexibility index (Phi) is 2.28. The van der Waals surface area contributed by atoms with Gasteiger partial charge in [0.15, 0.2) is 0 Å². The molecule has 2 aromatic carbocycles. The first-order chi connectivity index (χ1) is 9.43. The van der Waals surface area contributed by atoms with E-state index >= 15 is 0 Å². The quantitative estimate of drug-likeness (QED) is 0.670. The lowest BCUT2D eigenvalue weighted by Crippen LogP contribution is -1.92. The van der Waals surface area contributed by atoms with Crippen LogP contribution >= 0.6 is 0 Å². The molecule has 4 rings (SSSR count). The average molecular weight is 242 g/mol. The first kappa shape index (κ1) is 10.6. The van der Waals surface area contributed by atoms with Gasteiger partial charge in [-0.15, -0.1) is 0 Å². The molecule has 0 heterocycles. The van der Waals surface area contributed by atoms with E-state index in [1.54, 1.807) is 0 Å². The van der Waals surface area contributed by atoms with Crippen LogP contribution in [0.3, 0.4) is 0 Å². The fourth-order valence-corrected chi connectivity index (χ4v) is 3.07. The zero-order chi connectivity index (χ0) is 12.7. The summed E-state index contributed by atoms with van der Waals surface area (Å²) in [6, 6.07) is 17.5. The standard InChI is InChI=1S/C19H14/c1-2-8-14(7-1)13-19-17-11-5-3-9-15(17)16-10-4-6-12-18(16)19/h1-13,19H. The van der Waals surface area contributed by atoms with Crippen LogP contribution in [-0.4, -0.2) is 0 Å². The topological polar surface area (TPSA) is 0 Å². The van der Waals surface area contributed by atoms with Crippen molar-refractivity contribution in [3.8, 4) is 11.1 Å². The second-order valence-electron chi connectivity index (χ2n) is 5.04. The number of hydrogen-bond acceptors (Lipinski definition) is 0. The summed E-state index contributed by atoms with van der Waals surface area (Å²) in [5.74, 6) is 0.384. The highest BCUT2D eigenvalue weighted by Gasteiger charge is 2.26. The van der Waals surface area contributed by atoms with Crippen LogP contribution in [0.4, 0.5) is 0 Å². The van der Waals surface area contributed by atoms with Crippen LogP contribution in [0.5, 0.6) is 0 Å². The molecule has 0 saturated heterocycles. The predicted octanol–water partition coefficient (Wildman–Crippen LogP) is 4.85. The third-order valence-electron chi connectivity index (χ3n) is 3.93. The van der Waals surface area contributed by atoms with Gasteiger partial charge in [0.05, 0.1) is 0 Å². The lowest BCUT2D eigenvalue weighted by molar-refractivity contribution is 1.06. The minimum absolute atomic E-state index is 0.384. The Hall–Kier alpha value is -2.34. The van der Waals surface area contributed by atoms with Crippen LogP contribution in [0.25, 0.3) is 11.1 Å². The summed E-state index contributed by atoms with van der Waals surface area (Å²) >= 11 is 0. The maximum Gasteiger partial charge on any atom is 0.0290 e. The Morgan fingerprint density at radius 1 is 0.684 bits per heavy atom. The molecule has 19 heavy (non-hydrogen) atoms. The molecule has 2 aromatic rings. The Balaban J connectivity index is 1.94.